The molecule has 2 atom stereocenters. The van der Waals surface area contributed by atoms with E-state index in [1.54, 1.807) is 0 Å². The fourth-order valence-corrected chi connectivity index (χ4v) is 2.02. The quantitative estimate of drug-likeness (QED) is 0.743. The van der Waals surface area contributed by atoms with Gasteiger partial charge in [-0.3, -0.25) is 4.79 Å². The third kappa shape index (κ3) is 3.19. The van der Waals surface area contributed by atoms with Crippen molar-refractivity contribution in [2.24, 2.45) is 17.1 Å². The standard InChI is InChI=1S/C12H24N2O2/c1-12(2,3)10(13)11(16)14-6-4-9(8-14)5-7-15/h9-10,15H,4-8,13H2,1-3H3. The maximum Gasteiger partial charge on any atom is 0.240 e. The summed E-state index contributed by atoms with van der Waals surface area (Å²) in [5.41, 5.74) is 5.76. The Morgan fingerprint density at radius 1 is 1.56 bits per heavy atom. The van der Waals surface area contributed by atoms with Crippen LogP contribution in [0.2, 0.25) is 0 Å². The van der Waals surface area contributed by atoms with E-state index in [1.165, 1.54) is 0 Å². The zero-order valence-corrected chi connectivity index (χ0v) is 10.6. The van der Waals surface area contributed by atoms with E-state index in [0.717, 1.165) is 25.9 Å². The van der Waals surface area contributed by atoms with Gasteiger partial charge in [0.15, 0.2) is 0 Å². The first-order valence-electron chi connectivity index (χ1n) is 6.01. The summed E-state index contributed by atoms with van der Waals surface area (Å²) >= 11 is 0. The number of nitrogens with zero attached hydrogens (tertiary/aromatic N) is 1. The van der Waals surface area contributed by atoms with E-state index >= 15 is 0 Å². The van der Waals surface area contributed by atoms with E-state index in [9.17, 15) is 4.79 Å². The van der Waals surface area contributed by atoms with Gasteiger partial charge in [-0.25, -0.2) is 0 Å². The fourth-order valence-electron chi connectivity index (χ4n) is 2.02. The average molecular weight is 228 g/mol. The van der Waals surface area contributed by atoms with E-state index in [2.05, 4.69) is 0 Å². The third-order valence-corrected chi connectivity index (χ3v) is 3.33. The second-order valence-corrected chi connectivity index (χ2v) is 5.79. The lowest BCUT2D eigenvalue weighted by molar-refractivity contribution is -0.134. The highest BCUT2D eigenvalue weighted by atomic mass is 16.3. The Kier molecular flexibility index (Phi) is 4.33. The van der Waals surface area contributed by atoms with Gasteiger partial charge < -0.3 is 15.7 Å². The van der Waals surface area contributed by atoms with Gasteiger partial charge in [0.05, 0.1) is 6.04 Å². The van der Waals surface area contributed by atoms with Crippen LogP contribution in [0.1, 0.15) is 33.6 Å². The molecule has 3 N–H and O–H groups in total. The number of likely N-dealkylation sites (tertiary alicyclic amines) is 1. The molecule has 0 bridgehead atoms. The molecule has 1 amide bonds. The Bertz CT molecular complexity index is 248. The first-order chi connectivity index (χ1) is 7.36. The molecule has 0 aliphatic carbocycles. The number of hydrogen-bond donors (Lipinski definition) is 2. The predicted molar refractivity (Wildman–Crippen MR) is 63.8 cm³/mol. The number of carbonyl (C=O) groups is 1. The van der Waals surface area contributed by atoms with Crippen LogP contribution in [-0.2, 0) is 4.79 Å². The van der Waals surface area contributed by atoms with Crippen molar-refractivity contribution in [3.8, 4) is 0 Å². The number of nitrogens with two attached hydrogens (primary N) is 1. The van der Waals surface area contributed by atoms with Crippen molar-refractivity contribution in [2.75, 3.05) is 19.7 Å². The lowest BCUT2D eigenvalue weighted by Crippen LogP contribution is -2.49. The van der Waals surface area contributed by atoms with Gasteiger partial charge in [-0.15, -0.1) is 0 Å². The Balaban J connectivity index is 2.51. The zero-order valence-electron chi connectivity index (χ0n) is 10.6. The summed E-state index contributed by atoms with van der Waals surface area (Å²) in [6, 6.07) is -0.430. The largest absolute Gasteiger partial charge is 0.396 e. The van der Waals surface area contributed by atoms with Crippen molar-refractivity contribution >= 4 is 5.91 Å². The van der Waals surface area contributed by atoms with Crippen LogP contribution in [0.5, 0.6) is 0 Å². The van der Waals surface area contributed by atoms with Gasteiger partial charge in [0.1, 0.15) is 0 Å². The summed E-state index contributed by atoms with van der Waals surface area (Å²) in [6.07, 6.45) is 1.78. The van der Waals surface area contributed by atoms with Crippen molar-refractivity contribution in [2.45, 2.75) is 39.7 Å². The highest BCUT2D eigenvalue weighted by Crippen LogP contribution is 2.24. The van der Waals surface area contributed by atoms with Crippen molar-refractivity contribution in [1.82, 2.24) is 4.90 Å². The van der Waals surface area contributed by atoms with Crippen molar-refractivity contribution < 1.29 is 9.90 Å². The molecule has 16 heavy (non-hydrogen) atoms. The van der Waals surface area contributed by atoms with Gasteiger partial charge in [-0.2, -0.15) is 0 Å². The van der Waals surface area contributed by atoms with Crippen molar-refractivity contribution in [3.63, 3.8) is 0 Å². The molecule has 1 aliphatic rings. The minimum absolute atomic E-state index is 0.0490. The number of carbonyl (C=O) groups excluding carboxylic acids is 1. The van der Waals surface area contributed by atoms with Gasteiger partial charge in [0.2, 0.25) is 5.91 Å². The lowest BCUT2D eigenvalue weighted by atomic mass is 9.86. The minimum atomic E-state index is -0.430. The second kappa shape index (κ2) is 5.15. The van der Waals surface area contributed by atoms with E-state index in [1.807, 2.05) is 25.7 Å². The summed E-state index contributed by atoms with van der Waals surface area (Å²) in [7, 11) is 0. The number of rotatable bonds is 3. The summed E-state index contributed by atoms with van der Waals surface area (Å²) in [4.78, 5) is 13.9. The van der Waals surface area contributed by atoms with E-state index in [4.69, 9.17) is 10.8 Å². The summed E-state index contributed by atoms with van der Waals surface area (Å²) in [6.45, 7) is 7.69. The van der Waals surface area contributed by atoms with Crippen LogP contribution in [0.25, 0.3) is 0 Å². The number of aliphatic hydroxyl groups excluding tert-OH is 1. The molecule has 4 heteroatoms. The fraction of sp³-hybridized carbons (Fsp3) is 0.917. The summed E-state index contributed by atoms with van der Waals surface area (Å²) < 4.78 is 0. The van der Waals surface area contributed by atoms with Crippen LogP contribution >= 0.6 is 0 Å². The molecule has 0 aromatic heterocycles. The molecular weight excluding hydrogens is 204 g/mol. The molecule has 94 valence electrons. The van der Waals surface area contributed by atoms with Crippen LogP contribution in [0, 0.1) is 11.3 Å². The molecule has 4 nitrogen and oxygen atoms in total. The first kappa shape index (κ1) is 13.5. The molecule has 1 rings (SSSR count). The maximum absolute atomic E-state index is 12.1. The van der Waals surface area contributed by atoms with Crippen molar-refractivity contribution in [1.29, 1.82) is 0 Å². The molecule has 0 aromatic rings. The Morgan fingerprint density at radius 2 is 2.19 bits per heavy atom. The number of aliphatic hydroxyl groups is 1. The second-order valence-electron chi connectivity index (χ2n) is 5.79. The molecule has 0 radical (unpaired) electrons. The highest BCUT2D eigenvalue weighted by Gasteiger charge is 2.34. The smallest absolute Gasteiger partial charge is 0.240 e. The summed E-state index contributed by atoms with van der Waals surface area (Å²) in [5.74, 6) is 0.494. The maximum atomic E-state index is 12.1. The Hall–Kier alpha value is -0.610. The van der Waals surface area contributed by atoms with Gasteiger partial charge in [0.25, 0.3) is 0 Å². The molecular formula is C12H24N2O2. The molecule has 2 unspecified atom stereocenters. The number of hydrogen-bond acceptors (Lipinski definition) is 3. The van der Waals surface area contributed by atoms with E-state index < -0.39 is 6.04 Å². The van der Waals surface area contributed by atoms with Crippen molar-refractivity contribution in [3.05, 3.63) is 0 Å². The third-order valence-electron chi connectivity index (χ3n) is 3.33. The zero-order chi connectivity index (χ0) is 12.3. The van der Waals surface area contributed by atoms with Crippen LogP contribution in [-0.4, -0.2) is 41.7 Å². The molecule has 0 saturated carbocycles. The molecule has 1 aliphatic heterocycles. The Morgan fingerprint density at radius 3 is 2.69 bits per heavy atom. The Labute approximate surface area is 97.8 Å². The molecule has 0 spiro atoms. The van der Waals surface area contributed by atoms with Crippen LogP contribution < -0.4 is 5.73 Å². The normalized spacial score (nSPS) is 23.6. The topological polar surface area (TPSA) is 66.6 Å². The highest BCUT2D eigenvalue weighted by molar-refractivity contribution is 5.82. The monoisotopic (exact) mass is 228 g/mol. The average Bonchev–Trinajstić information content (AvgIpc) is 2.63. The van der Waals surface area contributed by atoms with E-state index in [0.29, 0.717) is 5.92 Å². The minimum Gasteiger partial charge on any atom is -0.396 e. The van der Waals surface area contributed by atoms with Gasteiger partial charge in [-0.1, -0.05) is 20.8 Å². The molecule has 1 saturated heterocycles. The van der Waals surface area contributed by atoms with Gasteiger partial charge >= 0.3 is 0 Å². The SMILES string of the molecule is CC(C)(C)C(N)C(=O)N1CCC(CCO)C1. The molecule has 1 fully saturated rings. The van der Waals surface area contributed by atoms with Gasteiger partial charge in [-0.05, 0) is 24.2 Å². The molecule has 1 heterocycles. The lowest BCUT2D eigenvalue weighted by Gasteiger charge is -2.29. The van der Waals surface area contributed by atoms with Crippen LogP contribution in [0.3, 0.4) is 0 Å². The molecule has 0 aromatic carbocycles. The van der Waals surface area contributed by atoms with E-state index in [-0.39, 0.29) is 17.9 Å². The van der Waals surface area contributed by atoms with Crippen LogP contribution in [0.15, 0.2) is 0 Å². The predicted octanol–water partition coefficient (Wildman–Crippen LogP) is 0.591. The van der Waals surface area contributed by atoms with Gasteiger partial charge in [0, 0.05) is 19.7 Å². The first-order valence-corrected chi connectivity index (χ1v) is 6.01. The van der Waals surface area contributed by atoms with Crippen LogP contribution in [0.4, 0.5) is 0 Å². The number of amides is 1. The summed E-state index contributed by atoms with van der Waals surface area (Å²) in [5, 5.41) is 8.86.